The normalized spacial score (nSPS) is 43.0. The highest BCUT2D eigenvalue weighted by Gasteiger charge is 2.36. The van der Waals surface area contributed by atoms with Gasteiger partial charge >= 0.3 is 0 Å². The van der Waals surface area contributed by atoms with Crippen LogP contribution in [0.3, 0.4) is 0 Å². The van der Waals surface area contributed by atoms with Gasteiger partial charge in [0.2, 0.25) is 0 Å². The Morgan fingerprint density at radius 3 is 2.33 bits per heavy atom. The van der Waals surface area contributed by atoms with Gasteiger partial charge in [-0.25, -0.2) is 0 Å². The van der Waals surface area contributed by atoms with Crippen LogP contribution in [-0.2, 0) is 0 Å². The third-order valence-corrected chi connectivity index (χ3v) is 4.35. The van der Waals surface area contributed by atoms with Crippen LogP contribution in [0.4, 0.5) is 0 Å². The molecule has 0 bridgehead atoms. The summed E-state index contributed by atoms with van der Waals surface area (Å²) in [5.41, 5.74) is 6.16. The largest absolute Gasteiger partial charge is 0.327 e. The molecule has 88 valence electrons. The van der Waals surface area contributed by atoms with E-state index in [1.807, 2.05) is 0 Å². The van der Waals surface area contributed by atoms with Crippen molar-refractivity contribution in [3.63, 3.8) is 0 Å². The Morgan fingerprint density at radius 2 is 1.80 bits per heavy atom. The summed E-state index contributed by atoms with van der Waals surface area (Å²) in [6.45, 7) is 9.47. The summed E-state index contributed by atoms with van der Waals surface area (Å²) in [5, 5.41) is 0. The highest BCUT2D eigenvalue weighted by Crippen LogP contribution is 2.34. The molecule has 2 heteroatoms. The molecule has 1 saturated carbocycles. The Kier molecular flexibility index (Phi) is 3.36. The van der Waals surface area contributed by atoms with Crippen LogP contribution in [0.15, 0.2) is 0 Å². The van der Waals surface area contributed by atoms with Crippen LogP contribution < -0.4 is 5.73 Å². The highest BCUT2D eigenvalue weighted by molar-refractivity contribution is 4.91. The van der Waals surface area contributed by atoms with Crippen LogP contribution >= 0.6 is 0 Å². The Labute approximate surface area is 94.2 Å². The summed E-state index contributed by atoms with van der Waals surface area (Å²) in [5.74, 6) is 2.56. The summed E-state index contributed by atoms with van der Waals surface area (Å²) in [7, 11) is 0. The second kappa shape index (κ2) is 4.42. The molecule has 2 unspecified atom stereocenters. The molecule has 0 spiro atoms. The first-order chi connectivity index (χ1) is 7.06. The topological polar surface area (TPSA) is 29.3 Å². The van der Waals surface area contributed by atoms with Gasteiger partial charge in [-0.15, -0.1) is 0 Å². The Bertz CT molecular complexity index is 209. The fourth-order valence-electron chi connectivity index (χ4n) is 3.15. The molecule has 2 atom stereocenters. The van der Waals surface area contributed by atoms with E-state index in [9.17, 15) is 0 Å². The van der Waals surface area contributed by atoms with Crippen LogP contribution in [0.25, 0.3) is 0 Å². The molecule has 1 saturated heterocycles. The maximum absolute atomic E-state index is 6.16. The first-order valence-corrected chi connectivity index (χ1v) is 6.56. The van der Waals surface area contributed by atoms with E-state index in [0.717, 1.165) is 30.3 Å². The quantitative estimate of drug-likeness (QED) is 0.756. The minimum Gasteiger partial charge on any atom is -0.327 e. The van der Waals surface area contributed by atoms with E-state index in [2.05, 4.69) is 25.7 Å². The predicted molar refractivity (Wildman–Crippen MR) is 64.7 cm³/mol. The van der Waals surface area contributed by atoms with E-state index in [1.54, 1.807) is 0 Å². The van der Waals surface area contributed by atoms with Crippen molar-refractivity contribution in [3.05, 3.63) is 0 Å². The molecule has 0 aromatic carbocycles. The number of piperidine rings is 1. The zero-order valence-corrected chi connectivity index (χ0v) is 10.4. The van der Waals surface area contributed by atoms with Crippen molar-refractivity contribution in [3.8, 4) is 0 Å². The monoisotopic (exact) mass is 210 g/mol. The van der Waals surface area contributed by atoms with Crippen molar-refractivity contribution in [2.24, 2.45) is 23.5 Å². The van der Waals surface area contributed by atoms with Crippen molar-refractivity contribution in [2.45, 2.75) is 52.1 Å². The fraction of sp³-hybridized carbons (Fsp3) is 1.00. The lowest BCUT2D eigenvalue weighted by molar-refractivity contribution is 0.0298. The van der Waals surface area contributed by atoms with Crippen LogP contribution in [0.5, 0.6) is 0 Å². The molecule has 1 aliphatic carbocycles. The second-order valence-electron chi connectivity index (χ2n) is 6.18. The maximum atomic E-state index is 6.16. The molecule has 2 fully saturated rings. The number of likely N-dealkylation sites (tertiary alicyclic amines) is 1. The SMILES string of the molecule is CC1CC(N2CC(N)CC(C(C)C)C2)C1. The molecule has 2 N–H and O–H groups in total. The summed E-state index contributed by atoms with van der Waals surface area (Å²) in [4.78, 5) is 2.67. The summed E-state index contributed by atoms with van der Waals surface area (Å²) < 4.78 is 0. The zero-order valence-electron chi connectivity index (χ0n) is 10.4. The number of rotatable bonds is 2. The standard InChI is InChI=1S/C13H26N2/c1-9(2)11-6-12(14)8-15(7-11)13-4-10(3)5-13/h9-13H,4-8,14H2,1-3H3. The molecule has 1 heterocycles. The molecule has 15 heavy (non-hydrogen) atoms. The highest BCUT2D eigenvalue weighted by atomic mass is 15.2. The smallest absolute Gasteiger partial charge is 0.0171 e. The average molecular weight is 210 g/mol. The van der Waals surface area contributed by atoms with E-state index in [0.29, 0.717) is 6.04 Å². The molecule has 0 radical (unpaired) electrons. The van der Waals surface area contributed by atoms with E-state index < -0.39 is 0 Å². The lowest BCUT2D eigenvalue weighted by Crippen LogP contribution is -2.55. The number of hydrogen-bond acceptors (Lipinski definition) is 2. The van der Waals surface area contributed by atoms with Crippen molar-refractivity contribution < 1.29 is 0 Å². The van der Waals surface area contributed by atoms with Gasteiger partial charge in [0, 0.05) is 25.2 Å². The molecule has 2 aliphatic rings. The zero-order chi connectivity index (χ0) is 11.0. The number of nitrogens with zero attached hydrogens (tertiary/aromatic N) is 1. The lowest BCUT2D eigenvalue weighted by atomic mass is 9.78. The summed E-state index contributed by atoms with van der Waals surface area (Å²) in [6, 6.07) is 1.27. The van der Waals surface area contributed by atoms with Crippen LogP contribution in [0.1, 0.15) is 40.0 Å². The van der Waals surface area contributed by atoms with Gasteiger partial charge in [-0.1, -0.05) is 20.8 Å². The Morgan fingerprint density at radius 1 is 1.13 bits per heavy atom. The van der Waals surface area contributed by atoms with Gasteiger partial charge in [-0.3, -0.25) is 4.90 Å². The first kappa shape index (κ1) is 11.4. The van der Waals surface area contributed by atoms with Crippen molar-refractivity contribution in [1.29, 1.82) is 0 Å². The van der Waals surface area contributed by atoms with Crippen molar-refractivity contribution in [2.75, 3.05) is 13.1 Å². The summed E-state index contributed by atoms with van der Waals surface area (Å²) in [6.07, 6.45) is 4.03. The predicted octanol–water partition coefficient (Wildman–Crippen LogP) is 2.09. The average Bonchev–Trinajstić information content (AvgIpc) is 2.12. The maximum Gasteiger partial charge on any atom is 0.0171 e. The minimum absolute atomic E-state index is 0.419. The third kappa shape index (κ3) is 2.54. The molecule has 2 rings (SSSR count). The second-order valence-corrected chi connectivity index (χ2v) is 6.18. The van der Waals surface area contributed by atoms with E-state index in [4.69, 9.17) is 5.73 Å². The third-order valence-electron chi connectivity index (χ3n) is 4.35. The molecular weight excluding hydrogens is 184 g/mol. The number of hydrogen-bond donors (Lipinski definition) is 1. The Hall–Kier alpha value is -0.0800. The van der Waals surface area contributed by atoms with Crippen LogP contribution in [0.2, 0.25) is 0 Å². The van der Waals surface area contributed by atoms with E-state index >= 15 is 0 Å². The fourth-order valence-corrected chi connectivity index (χ4v) is 3.15. The molecule has 0 aromatic rings. The van der Waals surface area contributed by atoms with Gasteiger partial charge in [0.05, 0.1) is 0 Å². The van der Waals surface area contributed by atoms with Gasteiger partial charge < -0.3 is 5.73 Å². The number of nitrogens with two attached hydrogens (primary N) is 1. The minimum atomic E-state index is 0.419. The molecular formula is C13H26N2. The van der Waals surface area contributed by atoms with E-state index in [1.165, 1.54) is 25.8 Å². The lowest BCUT2D eigenvalue weighted by Gasteiger charge is -2.47. The molecule has 0 aromatic heterocycles. The van der Waals surface area contributed by atoms with Crippen LogP contribution in [0, 0.1) is 17.8 Å². The van der Waals surface area contributed by atoms with Gasteiger partial charge in [-0.2, -0.15) is 0 Å². The molecule has 2 nitrogen and oxygen atoms in total. The van der Waals surface area contributed by atoms with Crippen molar-refractivity contribution in [1.82, 2.24) is 4.90 Å². The molecule has 1 aliphatic heterocycles. The Balaban J connectivity index is 1.89. The van der Waals surface area contributed by atoms with E-state index in [-0.39, 0.29) is 0 Å². The van der Waals surface area contributed by atoms with Gasteiger partial charge in [0.1, 0.15) is 0 Å². The van der Waals surface area contributed by atoms with Gasteiger partial charge in [-0.05, 0) is 37.0 Å². The van der Waals surface area contributed by atoms with Crippen LogP contribution in [-0.4, -0.2) is 30.1 Å². The van der Waals surface area contributed by atoms with Gasteiger partial charge in [0.15, 0.2) is 0 Å². The summed E-state index contributed by atoms with van der Waals surface area (Å²) >= 11 is 0. The first-order valence-electron chi connectivity index (χ1n) is 6.56. The van der Waals surface area contributed by atoms with Crippen molar-refractivity contribution >= 4 is 0 Å². The molecule has 0 amide bonds. The van der Waals surface area contributed by atoms with Gasteiger partial charge in [0.25, 0.3) is 0 Å².